The molecule has 0 unspecified atom stereocenters. The molecule has 0 saturated carbocycles. The first kappa shape index (κ1) is 16.4. The number of ether oxygens (including phenoxy) is 1. The molecule has 0 aromatic heterocycles. The van der Waals surface area contributed by atoms with Gasteiger partial charge in [0.1, 0.15) is 5.78 Å². The largest absolute Gasteiger partial charge is 0.462 e. The number of hydrogen-bond acceptors (Lipinski definition) is 3. The van der Waals surface area contributed by atoms with Crippen LogP contribution in [0.1, 0.15) is 61.4 Å². The number of rotatable bonds is 9. The van der Waals surface area contributed by atoms with Crippen molar-refractivity contribution >= 4 is 11.8 Å². The second kappa shape index (κ2) is 9.29. The zero-order valence-corrected chi connectivity index (χ0v) is 12.5. The lowest BCUT2D eigenvalue weighted by molar-refractivity contribution is -0.119. The number of aryl methyl sites for hydroxylation is 1. The maximum Gasteiger partial charge on any atom is 0.338 e. The number of Topliss-reactive ketones (excluding diaryl/α,β-unsaturated/α-hetero) is 1. The number of carbonyl (C=O) groups is 2. The van der Waals surface area contributed by atoms with Crippen molar-refractivity contribution in [3.05, 3.63) is 35.4 Å². The molecule has 1 aromatic rings. The maximum atomic E-state index is 11.7. The number of carbonyl (C=O) groups excluding carboxylic acids is 2. The third-order valence-corrected chi connectivity index (χ3v) is 3.18. The summed E-state index contributed by atoms with van der Waals surface area (Å²) < 4.78 is 5.18. The predicted molar refractivity (Wildman–Crippen MR) is 79.8 cm³/mol. The Hall–Kier alpha value is -1.64. The van der Waals surface area contributed by atoms with Crippen molar-refractivity contribution in [1.29, 1.82) is 0 Å². The lowest BCUT2D eigenvalue weighted by Crippen LogP contribution is -2.07. The van der Waals surface area contributed by atoms with Gasteiger partial charge in [0.15, 0.2) is 0 Å². The minimum Gasteiger partial charge on any atom is -0.462 e. The van der Waals surface area contributed by atoms with Crippen LogP contribution in [-0.2, 0) is 9.53 Å². The number of ketones is 1. The Morgan fingerprint density at radius 1 is 1.00 bits per heavy atom. The lowest BCUT2D eigenvalue weighted by Gasteiger charge is -2.05. The Balaban J connectivity index is 2.13. The molecule has 0 aliphatic carbocycles. The summed E-state index contributed by atoms with van der Waals surface area (Å²) in [5, 5.41) is 0. The average molecular weight is 276 g/mol. The number of esters is 1. The first-order valence-electron chi connectivity index (χ1n) is 7.39. The van der Waals surface area contributed by atoms with Crippen molar-refractivity contribution < 1.29 is 14.3 Å². The van der Waals surface area contributed by atoms with E-state index < -0.39 is 0 Å². The Morgan fingerprint density at radius 3 is 2.30 bits per heavy atom. The molecule has 3 nitrogen and oxygen atoms in total. The van der Waals surface area contributed by atoms with Crippen LogP contribution in [0.3, 0.4) is 0 Å². The van der Waals surface area contributed by atoms with Gasteiger partial charge in [-0.3, -0.25) is 4.79 Å². The minimum atomic E-state index is -0.290. The third-order valence-electron chi connectivity index (χ3n) is 3.18. The van der Waals surface area contributed by atoms with Crippen molar-refractivity contribution in [2.75, 3.05) is 6.61 Å². The van der Waals surface area contributed by atoms with Crippen molar-refractivity contribution in [3.8, 4) is 0 Å². The van der Waals surface area contributed by atoms with Crippen LogP contribution in [0.5, 0.6) is 0 Å². The summed E-state index contributed by atoms with van der Waals surface area (Å²) in [5.74, 6) is 0.0269. The molecule has 3 heteroatoms. The van der Waals surface area contributed by atoms with E-state index in [1.54, 1.807) is 12.1 Å². The van der Waals surface area contributed by atoms with E-state index in [1.165, 1.54) is 0 Å². The summed E-state index contributed by atoms with van der Waals surface area (Å²) in [6.07, 6.45) is 4.85. The van der Waals surface area contributed by atoms with Crippen LogP contribution in [0.4, 0.5) is 0 Å². The van der Waals surface area contributed by atoms with E-state index in [0.717, 1.165) is 31.2 Å². The van der Waals surface area contributed by atoms with Crippen molar-refractivity contribution in [3.63, 3.8) is 0 Å². The fourth-order valence-electron chi connectivity index (χ4n) is 1.86. The van der Waals surface area contributed by atoms with Gasteiger partial charge in [0.05, 0.1) is 12.2 Å². The van der Waals surface area contributed by atoms with Gasteiger partial charge in [-0.25, -0.2) is 4.79 Å². The second-order valence-electron chi connectivity index (χ2n) is 5.10. The fraction of sp³-hybridized carbons (Fsp3) is 0.529. The van der Waals surface area contributed by atoms with Crippen molar-refractivity contribution in [2.24, 2.45) is 0 Å². The molecule has 0 atom stereocenters. The molecule has 0 bridgehead atoms. The SMILES string of the molecule is CCCCC(=O)CCCCOC(=O)c1ccc(C)cc1. The summed E-state index contributed by atoms with van der Waals surface area (Å²) in [6, 6.07) is 7.32. The van der Waals surface area contributed by atoms with Gasteiger partial charge >= 0.3 is 5.97 Å². The van der Waals surface area contributed by atoms with Crippen LogP contribution in [0, 0.1) is 6.92 Å². The van der Waals surface area contributed by atoms with Gasteiger partial charge in [0.2, 0.25) is 0 Å². The highest BCUT2D eigenvalue weighted by Crippen LogP contribution is 2.07. The van der Waals surface area contributed by atoms with Gasteiger partial charge in [-0.2, -0.15) is 0 Å². The van der Waals surface area contributed by atoms with Crippen LogP contribution >= 0.6 is 0 Å². The normalized spacial score (nSPS) is 10.3. The van der Waals surface area contributed by atoms with Crippen LogP contribution in [-0.4, -0.2) is 18.4 Å². The van der Waals surface area contributed by atoms with Gasteiger partial charge in [-0.15, -0.1) is 0 Å². The van der Waals surface area contributed by atoms with Crippen LogP contribution in [0.15, 0.2) is 24.3 Å². The fourth-order valence-corrected chi connectivity index (χ4v) is 1.86. The Labute approximate surface area is 121 Å². The first-order valence-corrected chi connectivity index (χ1v) is 7.39. The van der Waals surface area contributed by atoms with Crippen molar-refractivity contribution in [2.45, 2.75) is 52.4 Å². The van der Waals surface area contributed by atoms with Crippen LogP contribution < -0.4 is 0 Å². The highest BCUT2D eigenvalue weighted by Gasteiger charge is 2.06. The Kier molecular flexibility index (Phi) is 7.63. The van der Waals surface area contributed by atoms with Gasteiger partial charge in [0, 0.05) is 12.8 Å². The third kappa shape index (κ3) is 6.50. The highest BCUT2D eigenvalue weighted by atomic mass is 16.5. The molecular weight excluding hydrogens is 252 g/mol. The molecule has 1 aromatic carbocycles. The molecule has 0 heterocycles. The van der Waals surface area contributed by atoms with E-state index in [2.05, 4.69) is 6.92 Å². The summed E-state index contributed by atoms with van der Waals surface area (Å²) >= 11 is 0. The molecule has 0 aliphatic heterocycles. The zero-order valence-electron chi connectivity index (χ0n) is 12.5. The molecular formula is C17H24O3. The summed E-state index contributed by atoms with van der Waals surface area (Å²) in [4.78, 5) is 23.1. The minimum absolute atomic E-state index is 0.290. The summed E-state index contributed by atoms with van der Waals surface area (Å²) in [6.45, 7) is 4.44. The molecule has 1 rings (SSSR count). The molecule has 20 heavy (non-hydrogen) atoms. The first-order chi connectivity index (χ1) is 9.63. The van der Waals surface area contributed by atoms with E-state index in [-0.39, 0.29) is 5.97 Å². The van der Waals surface area contributed by atoms with Gasteiger partial charge < -0.3 is 4.74 Å². The quantitative estimate of drug-likeness (QED) is 0.504. The van der Waals surface area contributed by atoms with Gasteiger partial charge in [0.25, 0.3) is 0 Å². The van der Waals surface area contributed by atoms with E-state index in [9.17, 15) is 9.59 Å². The van der Waals surface area contributed by atoms with Crippen LogP contribution in [0.25, 0.3) is 0 Å². The monoisotopic (exact) mass is 276 g/mol. The van der Waals surface area contributed by atoms with E-state index in [1.807, 2.05) is 19.1 Å². The molecule has 0 N–H and O–H groups in total. The number of unbranched alkanes of at least 4 members (excludes halogenated alkanes) is 2. The van der Waals surface area contributed by atoms with Crippen molar-refractivity contribution in [1.82, 2.24) is 0 Å². The van der Waals surface area contributed by atoms with Crippen LogP contribution in [0.2, 0.25) is 0 Å². The molecule has 110 valence electrons. The maximum absolute atomic E-state index is 11.7. The van der Waals surface area contributed by atoms with E-state index in [4.69, 9.17) is 4.74 Å². The average Bonchev–Trinajstić information content (AvgIpc) is 2.45. The summed E-state index contributed by atoms with van der Waals surface area (Å²) in [7, 11) is 0. The highest BCUT2D eigenvalue weighted by molar-refractivity contribution is 5.89. The number of hydrogen-bond donors (Lipinski definition) is 0. The second-order valence-corrected chi connectivity index (χ2v) is 5.10. The van der Waals surface area contributed by atoms with E-state index in [0.29, 0.717) is 30.8 Å². The summed E-state index contributed by atoms with van der Waals surface area (Å²) in [5.41, 5.74) is 1.70. The van der Waals surface area contributed by atoms with Gasteiger partial charge in [-0.1, -0.05) is 31.0 Å². The lowest BCUT2D eigenvalue weighted by atomic mass is 10.1. The molecule has 0 radical (unpaired) electrons. The molecule has 0 aliphatic rings. The molecule has 0 amide bonds. The smallest absolute Gasteiger partial charge is 0.338 e. The number of benzene rings is 1. The molecule has 0 fully saturated rings. The Bertz CT molecular complexity index is 420. The molecule has 0 saturated heterocycles. The molecule has 0 spiro atoms. The topological polar surface area (TPSA) is 43.4 Å². The zero-order chi connectivity index (χ0) is 14.8. The van der Waals surface area contributed by atoms with Gasteiger partial charge in [-0.05, 0) is 38.3 Å². The standard InChI is InChI=1S/C17H24O3/c1-3-4-7-16(18)8-5-6-13-20-17(19)15-11-9-14(2)10-12-15/h9-12H,3-8,13H2,1-2H3. The Morgan fingerprint density at radius 2 is 1.65 bits per heavy atom. The predicted octanol–water partition coefficient (Wildman–Crippen LogP) is 4.08. The van der Waals surface area contributed by atoms with E-state index >= 15 is 0 Å².